The van der Waals surface area contributed by atoms with Crippen molar-refractivity contribution in [1.82, 2.24) is 4.90 Å². The highest BCUT2D eigenvalue weighted by Gasteiger charge is 2.31. The number of amides is 2. The topological polar surface area (TPSA) is 72.6 Å². The quantitative estimate of drug-likeness (QED) is 0.859. The molecule has 124 valence electrons. The van der Waals surface area contributed by atoms with E-state index in [1.165, 1.54) is 29.2 Å². The number of primary amides is 1. The summed E-state index contributed by atoms with van der Waals surface area (Å²) >= 11 is 0. The Hall–Kier alpha value is -2.51. The van der Waals surface area contributed by atoms with E-state index in [0.29, 0.717) is 18.5 Å². The van der Waals surface area contributed by atoms with Crippen LogP contribution < -0.4 is 10.5 Å². The average molecular weight is 328 g/mol. The van der Waals surface area contributed by atoms with Gasteiger partial charge in [0.2, 0.25) is 11.8 Å². The molecular weight excluding hydrogens is 313 g/mol. The normalized spacial score (nSPS) is 18.4. The van der Waals surface area contributed by atoms with E-state index in [0.717, 1.165) is 12.1 Å². The van der Waals surface area contributed by atoms with Crippen LogP contribution in [-0.2, 0) is 9.59 Å². The lowest BCUT2D eigenvalue weighted by atomic mass is 10.1. The number of likely N-dealkylation sites (tertiary alicyclic amines) is 1. The second-order valence-corrected chi connectivity index (χ2v) is 5.12. The number of nitrogens with zero attached hydrogens (tertiary/aromatic N) is 1. The van der Waals surface area contributed by atoms with Gasteiger partial charge >= 0.3 is 6.36 Å². The molecular formula is C15H15F3N2O3. The van der Waals surface area contributed by atoms with Crippen LogP contribution in [0.3, 0.4) is 0 Å². The van der Waals surface area contributed by atoms with Gasteiger partial charge in [-0.1, -0.05) is 12.1 Å². The number of alkyl halides is 3. The van der Waals surface area contributed by atoms with Crippen molar-refractivity contribution < 1.29 is 27.5 Å². The molecule has 1 aliphatic rings. The molecule has 0 spiro atoms. The van der Waals surface area contributed by atoms with E-state index >= 15 is 0 Å². The lowest BCUT2D eigenvalue weighted by molar-refractivity contribution is -0.274. The van der Waals surface area contributed by atoms with E-state index < -0.39 is 12.3 Å². The van der Waals surface area contributed by atoms with Crippen molar-refractivity contribution in [2.75, 3.05) is 13.1 Å². The summed E-state index contributed by atoms with van der Waals surface area (Å²) in [6.07, 6.45) is -1.40. The molecule has 0 saturated carbocycles. The summed E-state index contributed by atoms with van der Waals surface area (Å²) in [7, 11) is 0. The standard InChI is InChI=1S/C15H15F3N2O3/c16-15(17,18)23-12-4-1-10(2-5-12)3-6-13(21)20-8-7-11(9-20)14(19)22/h1-6,11H,7-9H2,(H2,19,22)/b6-3+/t11-/m0/s1. The average Bonchev–Trinajstić information content (AvgIpc) is 2.94. The SMILES string of the molecule is NC(=O)[C@H]1CCN(C(=O)/C=C/c2ccc(OC(F)(F)F)cc2)C1. The smallest absolute Gasteiger partial charge is 0.406 e. The maximum absolute atomic E-state index is 12.0. The molecule has 1 aromatic carbocycles. The van der Waals surface area contributed by atoms with E-state index in [1.54, 1.807) is 0 Å². The minimum Gasteiger partial charge on any atom is -0.406 e. The molecule has 5 nitrogen and oxygen atoms in total. The summed E-state index contributed by atoms with van der Waals surface area (Å²) in [6.45, 7) is 0.742. The lowest BCUT2D eigenvalue weighted by Gasteiger charge is -2.13. The molecule has 2 amide bonds. The van der Waals surface area contributed by atoms with Gasteiger partial charge in [0.25, 0.3) is 0 Å². The molecule has 0 unspecified atom stereocenters. The van der Waals surface area contributed by atoms with Crippen LogP contribution in [0.4, 0.5) is 13.2 Å². The molecule has 1 atom stereocenters. The van der Waals surface area contributed by atoms with Gasteiger partial charge in [0.05, 0.1) is 5.92 Å². The first-order valence-corrected chi connectivity index (χ1v) is 6.87. The van der Waals surface area contributed by atoms with Crippen LogP contribution >= 0.6 is 0 Å². The first kappa shape index (κ1) is 16.9. The zero-order chi connectivity index (χ0) is 17.0. The van der Waals surface area contributed by atoms with Crippen molar-refractivity contribution in [3.8, 4) is 5.75 Å². The summed E-state index contributed by atoms with van der Waals surface area (Å²) in [5, 5.41) is 0. The van der Waals surface area contributed by atoms with Gasteiger partial charge in [-0.05, 0) is 30.2 Å². The zero-order valence-electron chi connectivity index (χ0n) is 12.0. The number of nitrogens with two attached hydrogens (primary N) is 1. The summed E-state index contributed by atoms with van der Waals surface area (Å²) in [5.41, 5.74) is 5.75. The molecule has 23 heavy (non-hydrogen) atoms. The van der Waals surface area contributed by atoms with Gasteiger partial charge in [0.15, 0.2) is 0 Å². The van der Waals surface area contributed by atoms with Crippen LogP contribution in [0.2, 0.25) is 0 Å². The summed E-state index contributed by atoms with van der Waals surface area (Å²) in [6, 6.07) is 5.13. The summed E-state index contributed by atoms with van der Waals surface area (Å²) in [4.78, 5) is 24.5. The Balaban J connectivity index is 1.92. The van der Waals surface area contributed by atoms with Gasteiger partial charge in [-0.3, -0.25) is 9.59 Å². The van der Waals surface area contributed by atoms with E-state index in [9.17, 15) is 22.8 Å². The highest BCUT2D eigenvalue weighted by molar-refractivity contribution is 5.92. The van der Waals surface area contributed by atoms with Crippen molar-refractivity contribution in [3.05, 3.63) is 35.9 Å². The van der Waals surface area contributed by atoms with Crippen molar-refractivity contribution in [1.29, 1.82) is 0 Å². The molecule has 0 aromatic heterocycles. The second kappa shape index (κ2) is 6.72. The monoisotopic (exact) mass is 328 g/mol. The van der Waals surface area contributed by atoms with Crippen molar-refractivity contribution >= 4 is 17.9 Å². The van der Waals surface area contributed by atoms with Gasteiger partial charge in [-0.15, -0.1) is 13.2 Å². The molecule has 0 aliphatic carbocycles. The van der Waals surface area contributed by atoms with Gasteiger partial charge in [-0.2, -0.15) is 0 Å². The number of benzene rings is 1. The summed E-state index contributed by atoms with van der Waals surface area (Å²) < 4.78 is 39.9. The maximum Gasteiger partial charge on any atom is 0.573 e. The number of carbonyl (C=O) groups is 2. The predicted octanol–water partition coefficient (Wildman–Crippen LogP) is 1.93. The minimum atomic E-state index is -4.74. The number of hydrogen-bond acceptors (Lipinski definition) is 3. The van der Waals surface area contributed by atoms with Crippen LogP contribution in [0.5, 0.6) is 5.75 Å². The fourth-order valence-electron chi connectivity index (χ4n) is 2.25. The Bertz CT molecular complexity index is 611. The van der Waals surface area contributed by atoms with Gasteiger partial charge in [-0.25, -0.2) is 0 Å². The van der Waals surface area contributed by atoms with Crippen molar-refractivity contribution in [3.63, 3.8) is 0 Å². The Morgan fingerprint density at radius 2 is 1.91 bits per heavy atom. The van der Waals surface area contributed by atoms with Crippen LogP contribution in [-0.4, -0.2) is 36.2 Å². The lowest BCUT2D eigenvalue weighted by Crippen LogP contribution is -2.30. The molecule has 2 rings (SSSR count). The van der Waals surface area contributed by atoms with Crippen LogP contribution in [0.15, 0.2) is 30.3 Å². The Labute approximate surface area is 130 Å². The number of ether oxygens (including phenoxy) is 1. The zero-order valence-corrected chi connectivity index (χ0v) is 12.0. The minimum absolute atomic E-state index is 0.274. The third kappa shape index (κ3) is 5.01. The Morgan fingerprint density at radius 1 is 1.26 bits per heavy atom. The molecule has 8 heteroatoms. The van der Waals surface area contributed by atoms with Crippen LogP contribution in [0, 0.1) is 5.92 Å². The van der Waals surface area contributed by atoms with Crippen LogP contribution in [0.1, 0.15) is 12.0 Å². The highest BCUT2D eigenvalue weighted by Crippen LogP contribution is 2.23. The van der Waals surface area contributed by atoms with Gasteiger partial charge in [0.1, 0.15) is 5.75 Å². The molecule has 2 N–H and O–H groups in total. The molecule has 1 saturated heterocycles. The predicted molar refractivity (Wildman–Crippen MR) is 76.0 cm³/mol. The second-order valence-electron chi connectivity index (χ2n) is 5.12. The van der Waals surface area contributed by atoms with E-state index in [2.05, 4.69) is 4.74 Å². The number of hydrogen-bond donors (Lipinski definition) is 1. The fraction of sp³-hybridized carbons (Fsp3) is 0.333. The van der Waals surface area contributed by atoms with Gasteiger partial charge in [0, 0.05) is 19.2 Å². The third-order valence-corrected chi connectivity index (χ3v) is 3.43. The Morgan fingerprint density at radius 3 is 2.43 bits per heavy atom. The fourth-order valence-corrected chi connectivity index (χ4v) is 2.25. The number of carbonyl (C=O) groups excluding carboxylic acids is 2. The molecule has 1 aromatic rings. The first-order chi connectivity index (χ1) is 10.7. The largest absolute Gasteiger partial charge is 0.573 e. The third-order valence-electron chi connectivity index (χ3n) is 3.43. The van der Waals surface area contributed by atoms with Crippen LogP contribution in [0.25, 0.3) is 6.08 Å². The molecule has 0 bridgehead atoms. The Kier molecular flexibility index (Phi) is 4.92. The van der Waals surface area contributed by atoms with E-state index in [1.807, 2.05) is 0 Å². The first-order valence-electron chi connectivity index (χ1n) is 6.87. The van der Waals surface area contributed by atoms with Gasteiger partial charge < -0.3 is 15.4 Å². The molecule has 1 aliphatic heterocycles. The van der Waals surface area contributed by atoms with Crippen molar-refractivity contribution in [2.45, 2.75) is 12.8 Å². The number of halogens is 3. The van der Waals surface area contributed by atoms with E-state index in [4.69, 9.17) is 5.73 Å². The molecule has 1 fully saturated rings. The van der Waals surface area contributed by atoms with Crippen molar-refractivity contribution in [2.24, 2.45) is 11.7 Å². The maximum atomic E-state index is 12.0. The highest BCUT2D eigenvalue weighted by atomic mass is 19.4. The van der Waals surface area contributed by atoms with E-state index in [-0.39, 0.29) is 24.1 Å². The molecule has 1 heterocycles. The molecule has 0 radical (unpaired) electrons. The summed E-state index contributed by atoms with van der Waals surface area (Å²) in [5.74, 6) is -1.36. The number of rotatable bonds is 4.